The summed E-state index contributed by atoms with van der Waals surface area (Å²) in [6.45, 7) is 2.67. The summed E-state index contributed by atoms with van der Waals surface area (Å²) in [7, 11) is 0. The molecule has 1 N–H and O–H groups in total. The molecular weight excluding hydrogens is 310 g/mol. The van der Waals surface area contributed by atoms with E-state index in [9.17, 15) is 10.1 Å². The molecule has 0 saturated heterocycles. The first-order chi connectivity index (χ1) is 9.03. The number of nitrogens with zero attached hydrogens (tertiary/aromatic N) is 2. The van der Waals surface area contributed by atoms with Gasteiger partial charge in [-0.05, 0) is 59.9 Å². The van der Waals surface area contributed by atoms with Crippen molar-refractivity contribution >= 4 is 27.4 Å². The SMILES string of the molecule is Cc1c([N+](=O)[O-])cnc(NCC2(C3CC3)CC2)c1Br. The van der Waals surface area contributed by atoms with E-state index in [1.807, 2.05) is 0 Å². The fourth-order valence-corrected chi connectivity index (χ4v) is 3.17. The van der Waals surface area contributed by atoms with Crippen LogP contribution in [0, 0.1) is 28.4 Å². The number of pyridine rings is 1. The van der Waals surface area contributed by atoms with Crippen LogP contribution in [0.1, 0.15) is 31.2 Å². The Kier molecular flexibility index (Phi) is 3.00. The number of halogens is 1. The predicted molar refractivity (Wildman–Crippen MR) is 76.2 cm³/mol. The summed E-state index contributed by atoms with van der Waals surface area (Å²) < 4.78 is 0.702. The summed E-state index contributed by atoms with van der Waals surface area (Å²) in [5, 5.41) is 14.2. The molecule has 6 heteroatoms. The van der Waals surface area contributed by atoms with Gasteiger partial charge in [0.1, 0.15) is 12.0 Å². The van der Waals surface area contributed by atoms with Crippen LogP contribution in [0.4, 0.5) is 11.5 Å². The summed E-state index contributed by atoms with van der Waals surface area (Å²) in [6.07, 6.45) is 6.65. The Bertz CT molecular complexity index is 539. The molecule has 102 valence electrons. The van der Waals surface area contributed by atoms with E-state index in [-0.39, 0.29) is 5.69 Å². The van der Waals surface area contributed by atoms with Gasteiger partial charge >= 0.3 is 0 Å². The third-order valence-electron chi connectivity index (χ3n) is 4.38. The minimum absolute atomic E-state index is 0.0563. The van der Waals surface area contributed by atoms with E-state index in [1.54, 1.807) is 6.92 Å². The molecule has 19 heavy (non-hydrogen) atoms. The Morgan fingerprint density at radius 1 is 1.58 bits per heavy atom. The van der Waals surface area contributed by atoms with Crippen molar-refractivity contribution in [1.29, 1.82) is 0 Å². The highest BCUT2D eigenvalue weighted by Gasteiger charge is 2.53. The number of nitro groups is 1. The van der Waals surface area contributed by atoms with Gasteiger partial charge in [-0.15, -0.1) is 0 Å². The van der Waals surface area contributed by atoms with Crippen molar-refractivity contribution in [2.75, 3.05) is 11.9 Å². The Morgan fingerprint density at radius 2 is 2.26 bits per heavy atom. The number of rotatable bonds is 5. The van der Waals surface area contributed by atoms with Gasteiger partial charge in [-0.2, -0.15) is 0 Å². The largest absolute Gasteiger partial charge is 0.369 e. The average Bonchev–Trinajstić information content (AvgIpc) is 3.24. The molecule has 0 bridgehead atoms. The molecule has 1 heterocycles. The second-order valence-corrected chi connectivity index (χ2v) is 6.47. The highest BCUT2D eigenvalue weighted by atomic mass is 79.9. The van der Waals surface area contributed by atoms with E-state index < -0.39 is 4.92 Å². The van der Waals surface area contributed by atoms with Gasteiger partial charge in [0.2, 0.25) is 0 Å². The van der Waals surface area contributed by atoms with Crippen LogP contribution in [0.25, 0.3) is 0 Å². The van der Waals surface area contributed by atoms with E-state index in [0.717, 1.165) is 18.3 Å². The van der Waals surface area contributed by atoms with Gasteiger partial charge < -0.3 is 5.32 Å². The predicted octanol–water partition coefficient (Wildman–Crippen LogP) is 3.66. The lowest BCUT2D eigenvalue weighted by atomic mass is 10.0. The molecule has 1 aromatic rings. The van der Waals surface area contributed by atoms with Crippen LogP contribution < -0.4 is 5.32 Å². The third-order valence-corrected chi connectivity index (χ3v) is 5.35. The van der Waals surface area contributed by atoms with Crippen molar-refractivity contribution in [2.45, 2.75) is 32.6 Å². The molecule has 0 aromatic carbocycles. The zero-order valence-corrected chi connectivity index (χ0v) is 12.4. The van der Waals surface area contributed by atoms with E-state index in [2.05, 4.69) is 26.2 Å². The Morgan fingerprint density at radius 3 is 2.79 bits per heavy atom. The standard InChI is InChI=1S/C13H16BrN3O2/c1-8-10(17(18)19)6-15-12(11(8)14)16-7-13(4-5-13)9-2-3-9/h6,9H,2-5,7H2,1H3,(H,15,16). The van der Waals surface area contributed by atoms with Gasteiger partial charge in [-0.25, -0.2) is 4.98 Å². The lowest BCUT2D eigenvalue weighted by molar-refractivity contribution is -0.385. The summed E-state index contributed by atoms with van der Waals surface area (Å²) >= 11 is 3.41. The first kappa shape index (κ1) is 12.8. The maximum atomic E-state index is 10.8. The normalized spacial score (nSPS) is 20.1. The minimum Gasteiger partial charge on any atom is -0.369 e. The molecule has 3 rings (SSSR count). The van der Waals surface area contributed by atoms with E-state index in [1.165, 1.54) is 31.9 Å². The van der Waals surface area contributed by atoms with Gasteiger partial charge in [0.05, 0.1) is 9.40 Å². The van der Waals surface area contributed by atoms with Crippen LogP contribution in [0.3, 0.4) is 0 Å². The quantitative estimate of drug-likeness (QED) is 0.662. The summed E-state index contributed by atoms with van der Waals surface area (Å²) in [6, 6.07) is 0. The van der Waals surface area contributed by atoms with Gasteiger partial charge in [0, 0.05) is 12.1 Å². The van der Waals surface area contributed by atoms with Crippen molar-refractivity contribution < 1.29 is 4.92 Å². The molecule has 0 spiro atoms. The first-order valence-corrected chi connectivity index (χ1v) is 7.36. The maximum absolute atomic E-state index is 10.8. The highest BCUT2D eigenvalue weighted by Crippen LogP contribution is 2.61. The lowest BCUT2D eigenvalue weighted by Crippen LogP contribution is -2.18. The molecule has 2 aliphatic rings. The fraction of sp³-hybridized carbons (Fsp3) is 0.615. The summed E-state index contributed by atoms with van der Waals surface area (Å²) in [5.41, 5.74) is 1.16. The van der Waals surface area contributed by atoms with Crippen molar-refractivity contribution in [3.63, 3.8) is 0 Å². The fourth-order valence-electron chi connectivity index (χ4n) is 2.72. The van der Waals surface area contributed by atoms with Gasteiger partial charge in [-0.1, -0.05) is 0 Å². The molecular formula is C13H16BrN3O2. The molecule has 0 atom stereocenters. The van der Waals surface area contributed by atoms with E-state index >= 15 is 0 Å². The molecule has 2 saturated carbocycles. The van der Waals surface area contributed by atoms with Crippen molar-refractivity contribution in [3.05, 3.63) is 26.3 Å². The van der Waals surface area contributed by atoms with Crippen LogP contribution in [0.2, 0.25) is 0 Å². The monoisotopic (exact) mass is 325 g/mol. The van der Waals surface area contributed by atoms with E-state index in [0.29, 0.717) is 15.5 Å². The van der Waals surface area contributed by atoms with Gasteiger partial charge in [-0.3, -0.25) is 10.1 Å². The lowest BCUT2D eigenvalue weighted by Gasteiger charge is -2.16. The molecule has 2 aliphatic carbocycles. The summed E-state index contributed by atoms with van der Waals surface area (Å²) in [4.78, 5) is 14.6. The van der Waals surface area contributed by atoms with Gasteiger partial charge in [0.25, 0.3) is 5.69 Å². The van der Waals surface area contributed by atoms with Crippen LogP contribution in [-0.2, 0) is 0 Å². The smallest absolute Gasteiger partial charge is 0.291 e. The Balaban J connectivity index is 1.74. The maximum Gasteiger partial charge on any atom is 0.291 e. The van der Waals surface area contributed by atoms with Crippen LogP contribution in [0.15, 0.2) is 10.7 Å². The highest BCUT2D eigenvalue weighted by molar-refractivity contribution is 9.10. The Hall–Kier alpha value is -1.17. The first-order valence-electron chi connectivity index (χ1n) is 6.57. The molecule has 1 aromatic heterocycles. The average molecular weight is 326 g/mol. The summed E-state index contributed by atoms with van der Waals surface area (Å²) in [5.74, 6) is 1.60. The molecule has 2 fully saturated rings. The molecule has 0 amide bonds. The molecule has 0 aliphatic heterocycles. The van der Waals surface area contributed by atoms with Gasteiger partial charge in [0.15, 0.2) is 0 Å². The molecule has 0 unspecified atom stereocenters. The topological polar surface area (TPSA) is 68.1 Å². The van der Waals surface area contributed by atoms with Crippen molar-refractivity contribution in [2.24, 2.45) is 11.3 Å². The second-order valence-electron chi connectivity index (χ2n) is 5.68. The number of aromatic nitrogens is 1. The number of hydrogen-bond donors (Lipinski definition) is 1. The molecule has 5 nitrogen and oxygen atoms in total. The Labute approximate surface area is 120 Å². The van der Waals surface area contributed by atoms with Crippen LogP contribution in [-0.4, -0.2) is 16.5 Å². The van der Waals surface area contributed by atoms with Crippen LogP contribution >= 0.6 is 15.9 Å². The second kappa shape index (κ2) is 4.44. The van der Waals surface area contributed by atoms with Crippen LogP contribution in [0.5, 0.6) is 0 Å². The third kappa shape index (κ3) is 2.33. The van der Waals surface area contributed by atoms with Crippen molar-refractivity contribution in [1.82, 2.24) is 4.98 Å². The number of hydrogen-bond acceptors (Lipinski definition) is 4. The number of nitrogens with one attached hydrogen (secondary N) is 1. The van der Waals surface area contributed by atoms with E-state index in [4.69, 9.17) is 0 Å². The minimum atomic E-state index is -0.399. The zero-order chi connectivity index (χ0) is 13.6. The molecule has 0 radical (unpaired) electrons. The zero-order valence-electron chi connectivity index (χ0n) is 10.8. The van der Waals surface area contributed by atoms with Crippen molar-refractivity contribution in [3.8, 4) is 0 Å². The number of anilines is 1.